The van der Waals surface area contributed by atoms with Gasteiger partial charge in [0.2, 0.25) is 5.91 Å². The van der Waals surface area contributed by atoms with Gasteiger partial charge in [0.25, 0.3) is 0 Å². The van der Waals surface area contributed by atoms with Gasteiger partial charge in [-0.3, -0.25) is 9.78 Å². The molecule has 0 radical (unpaired) electrons. The number of halogens is 2. The summed E-state index contributed by atoms with van der Waals surface area (Å²) in [6.45, 7) is 0.393. The Labute approximate surface area is 181 Å². The summed E-state index contributed by atoms with van der Waals surface area (Å²) in [5, 5.41) is 10.8. The van der Waals surface area contributed by atoms with Gasteiger partial charge in [0.05, 0.1) is 34.9 Å². The SMILES string of the molecule is O=C(Cc1csc(-c2cccnc2)n1)Nc1ccnn1Cc1cccc(Cl)c1Cl. The number of hydrogen-bond acceptors (Lipinski definition) is 5. The van der Waals surface area contributed by atoms with Gasteiger partial charge in [0, 0.05) is 29.4 Å². The van der Waals surface area contributed by atoms with Gasteiger partial charge < -0.3 is 5.32 Å². The standard InChI is InChI=1S/C20H15Cl2N5OS/c21-16-5-1-3-14(19(16)22)11-27-17(6-8-24-27)26-18(28)9-15-12-29-20(25-15)13-4-2-7-23-10-13/h1-8,10,12H,9,11H2,(H,26,28). The molecule has 146 valence electrons. The van der Waals surface area contributed by atoms with Crippen molar-refractivity contribution in [3.63, 3.8) is 0 Å². The molecule has 1 amide bonds. The maximum absolute atomic E-state index is 12.5. The van der Waals surface area contributed by atoms with Gasteiger partial charge in [-0.1, -0.05) is 35.3 Å². The molecule has 4 aromatic rings. The number of carbonyl (C=O) groups excluding carboxylic acids is 1. The average Bonchev–Trinajstić information content (AvgIpc) is 3.36. The molecule has 4 rings (SSSR count). The smallest absolute Gasteiger partial charge is 0.231 e. The zero-order valence-electron chi connectivity index (χ0n) is 15.0. The molecule has 0 fully saturated rings. The van der Waals surface area contributed by atoms with Gasteiger partial charge >= 0.3 is 0 Å². The second-order valence-corrected chi connectivity index (χ2v) is 7.84. The minimum atomic E-state index is -0.174. The van der Waals surface area contributed by atoms with E-state index in [1.54, 1.807) is 35.4 Å². The van der Waals surface area contributed by atoms with E-state index in [0.29, 0.717) is 28.1 Å². The number of aromatic nitrogens is 4. The van der Waals surface area contributed by atoms with Crippen LogP contribution in [0.5, 0.6) is 0 Å². The second kappa shape index (κ2) is 8.73. The Morgan fingerprint density at radius 3 is 2.86 bits per heavy atom. The van der Waals surface area contributed by atoms with Gasteiger partial charge in [-0.2, -0.15) is 5.10 Å². The van der Waals surface area contributed by atoms with E-state index in [-0.39, 0.29) is 12.3 Å². The van der Waals surface area contributed by atoms with E-state index in [9.17, 15) is 4.79 Å². The van der Waals surface area contributed by atoms with Crippen LogP contribution in [0, 0.1) is 0 Å². The Balaban J connectivity index is 1.43. The maximum atomic E-state index is 12.5. The van der Waals surface area contributed by atoms with E-state index < -0.39 is 0 Å². The third-order valence-corrected chi connectivity index (χ3v) is 5.94. The Morgan fingerprint density at radius 2 is 2.03 bits per heavy atom. The van der Waals surface area contributed by atoms with Crippen molar-refractivity contribution in [3.05, 3.63) is 81.7 Å². The number of anilines is 1. The molecule has 0 aliphatic heterocycles. The number of carbonyl (C=O) groups is 1. The molecule has 0 saturated carbocycles. The van der Waals surface area contributed by atoms with E-state index >= 15 is 0 Å². The Bertz CT molecular complexity index is 1140. The molecule has 0 aliphatic carbocycles. The molecule has 0 atom stereocenters. The first-order valence-electron chi connectivity index (χ1n) is 8.69. The van der Waals surface area contributed by atoms with Crippen LogP contribution in [0.25, 0.3) is 10.6 Å². The van der Waals surface area contributed by atoms with Gasteiger partial charge in [-0.25, -0.2) is 9.67 Å². The molecule has 0 unspecified atom stereocenters. The topological polar surface area (TPSA) is 72.7 Å². The Hall–Kier alpha value is -2.74. The fraction of sp³-hybridized carbons (Fsp3) is 0.100. The highest BCUT2D eigenvalue weighted by molar-refractivity contribution is 7.13. The predicted octanol–water partition coefficient (Wildman–Crippen LogP) is 4.94. The predicted molar refractivity (Wildman–Crippen MR) is 115 cm³/mol. The van der Waals surface area contributed by atoms with Crippen LogP contribution in [0.15, 0.2) is 60.4 Å². The van der Waals surface area contributed by atoms with E-state index in [1.165, 1.54) is 11.3 Å². The zero-order chi connectivity index (χ0) is 20.2. The van der Waals surface area contributed by atoms with Crippen molar-refractivity contribution in [2.24, 2.45) is 0 Å². The molecule has 0 aliphatic rings. The van der Waals surface area contributed by atoms with Crippen LogP contribution in [-0.4, -0.2) is 25.7 Å². The lowest BCUT2D eigenvalue weighted by Gasteiger charge is -2.10. The third-order valence-electron chi connectivity index (χ3n) is 4.14. The molecule has 0 bridgehead atoms. The number of rotatable bonds is 6. The van der Waals surface area contributed by atoms with Crippen molar-refractivity contribution in [2.75, 3.05) is 5.32 Å². The van der Waals surface area contributed by atoms with Gasteiger partial charge in [-0.05, 0) is 23.8 Å². The summed E-state index contributed by atoms with van der Waals surface area (Å²) in [5.41, 5.74) is 2.45. The molecule has 3 heterocycles. The number of thiazole rings is 1. The maximum Gasteiger partial charge on any atom is 0.231 e. The Kier molecular flexibility index (Phi) is 5.89. The number of amides is 1. The minimum Gasteiger partial charge on any atom is -0.311 e. The molecule has 29 heavy (non-hydrogen) atoms. The average molecular weight is 444 g/mol. The lowest BCUT2D eigenvalue weighted by atomic mass is 10.2. The van der Waals surface area contributed by atoms with Crippen molar-refractivity contribution >= 4 is 46.3 Å². The molecular formula is C20H15Cl2N5OS. The molecule has 9 heteroatoms. The third kappa shape index (κ3) is 4.64. The molecule has 1 N–H and O–H groups in total. The van der Waals surface area contributed by atoms with Crippen molar-refractivity contribution in [1.29, 1.82) is 0 Å². The highest BCUT2D eigenvalue weighted by Gasteiger charge is 2.13. The van der Waals surface area contributed by atoms with E-state index in [2.05, 4.69) is 20.4 Å². The normalized spacial score (nSPS) is 10.8. The summed E-state index contributed by atoms with van der Waals surface area (Å²) in [6, 6.07) is 11.0. The van der Waals surface area contributed by atoms with Crippen LogP contribution < -0.4 is 5.32 Å². The summed E-state index contributed by atoms with van der Waals surface area (Å²) in [7, 11) is 0. The fourth-order valence-electron chi connectivity index (χ4n) is 2.76. The summed E-state index contributed by atoms with van der Waals surface area (Å²) in [6.07, 6.45) is 5.25. The highest BCUT2D eigenvalue weighted by Crippen LogP contribution is 2.27. The molecule has 0 spiro atoms. The first-order valence-corrected chi connectivity index (χ1v) is 10.3. The summed E-state index contributed by atoms with van der Waals surface area (Å²) < 4.78 is 1.66. The van der Waals surface area contributed by atoms with Crippen molar-refractivity contribution in [2.45, 2.75) is 13.0 Å². The Morgan fingerprint density at radius 1 is 1.14 bits per heavy atom. The van der Waals surface area contributed by atoms with Crippen molar-refractivity contribution in [3.8, 4) is 10.6 Å². The number of benzene rings is 1. The number of nitrogens with zero attached hydrogens (tertiary/aromatic N) is 4. The van der Waals surface area contributed by atoms with Crippen LogP contribution in [0.2, 0.25) is 10.0 Å². The van der Waals surface area contributed by atoms with E-state index in [4.69, 9.17) is 23.2 Å². The van der Waals surface area contributed by atoms with Crippen molar-refractivity contribution in [1.82, 2.24) is 19.7 Å². The molecule has 6 nitrogen and oxygen atoms in total. The molecular weight excluding hydrogens is 429 g/mol. The molecule has 3 aromatic heterocycles. The quantitative estimate of drug-likeness (QED) is 0.457. The van der Waals surface area contributed by atoms with Crippen LogP contribution in [0.3, 0.4) is 0 Å². The van der Waals surface area contributed by atoms with Gasteiger partial charge in [-0.15, -0.1) is 11.3 Å². The molecule has 1 aromatic carbocycles. The number of nitrogens with one attached hydrogen (secondary N) is 1. The minimum absolute atomic E-state index is 0.167. The first kappa shape index (κ1) is 19.6. The van der Waals surface area contributed by atoms with Crippen LogP contribution in [0.1, 0.15) is 11.3 Å². The largest absolute Gasteiger partial charge is 0.311 e. The lowest BCUT2D eigenvalue weighted by molar-refractivity contribution is -0.115. The lowest BCUT2D eigenvalue weighted by Crippen LogP contribution is -2.18. The summed E-state index contributed by atoms with van der Waals surface area (Å²) >= 11 is 13.8. The highest BCUT2D eigenvalue weighted by atomic mass is 35.5. The van der Waals surface area contributed by atoms with Crippen LogP contribution in [-0.2, 0) is 17.8 Å². The monoisotopic (exact) mass is 443 g/mol. The van der Waals surface area contributed by atoms with Crippen molar-refractivity contribution < 1.29 is 4.79 Å². The second-order valence-electron chi connectivity index (χ2n) is 6.20. The van der Waals surface area contributed by atoms with E-state index in [0.717, 1.165) is 16.1 Å². The summed E-state index contributed by atoms with van der Waals surface area (Å²) in [5.74, 6) is 0.403. The number of hydrogen-bond donors (Lipinski definition) is 1. The van der Waals surface area contributed by atoms with Crippen LogP contribution in [0.4, 0.5) is 5.82 Å². The number of pyridine rings is 1. The van der Waals surface area contributed by atoms with Gasteiger partial charge in [0.15, 0.2) is 0 Å². The van der Waals surface area contributed by atoms with Gasteiger partial charge in [0.1, 0.15) is 10.8 Å². The molecule has 0 saturated heterocycles. The first-order chi connectivity index (χ1) is 14.1. The summed E-state index contributed by atoms with van der Waals surface area (Å²) in [4.78, 5) is 21.1. The fourth-order valence-corrected chi connectivity index (χ4v) is 3.95. The van der Waals surface area contributed by atoms with E-state index in [1.807, 2.05) is 29.6 Å². The van der Waals surface area contributed by atoms with Crippen LogP contribution >= 0.6 is 34.5 Å². The zero-order valence-corrected chi connectivity index (χ0v) is 17.4.